The van der Waals surface area contributed by atoms with Crippen molar-refractivity contribution >= 4 is 28.6 Å². The third-order valence-corrected chi connectivity index (χ3v) is 5.69. The van der Waals surface area contributed by atoms with Gasteiger partial charge in [-0.05, 0) is 48.9 Å². The lowest BCUT2D eigenvalue weighted by molar-refractivity contribution is 0.102. The van der Waals surface area contributed by atoms with E-state index in [9.17, 15) is 4.79 Å². The second-order valence-electron chi connectivity index (χ2n) is 6.39. The number of fused-ring (bicyclic) bond motifs is 2. The Hall–Kier alpha value is -3.39. The standard InChI is InChI=1S/C20H16N4O3S/c1-12(25)17-4-5-18(28-17)14-10-22-20-7-6-19(23-24(14)20)21-9-13-2-3-15-16(8-13)27-11-26-15/h2-8,10H,9,11H2,1H3,(H,21,23). The summed E-state index contributed by atoms with van der Waals surface area (Å²) in [7, 11) is 0. The van der Waals surface area contributed by atoms with Crippen molar-refractivity contribution < 1.29 is 14.3 Å². The topological polar surface area (TPSA) is 77.8 Å². The number of Topliss-reactive ketones (excluding diaryl/α,β-unsaturated/α-hetero) is 1. The Bertz CT molecular complexity index is 1200. The van der Waals surface area contributed by atoms with Gasteiger partial charge in [-0.1, -0.05) is 6.07 Å². The Morgan fingerprint density at radius 1 is 1.18 bits per heavy atom. The molecule has 4 aromatic rings. The normalized spacial score (nSPS) is 12.5. The largest absolute Gasteiger partial charge is 0.454 e. The molecule has 0 bridgehead atoms. The third kappa shape index (κ3) is 2.97. The van der Waals surface area contributed by atoms with Crippen molar-refractivity contribution in [1.82, 2.24) is 14.6 Å². The lowest BCUT2D eigenvalue weighted by Crippen LogP contribution is -2.04. The molecular formula is C20H16N4O3S. The fourth-order valence-corrected chi connectivity index (χ4v) is 3.94. The molecule has 5 rings (SSSR count). The van der Waals surface area contributed by atoms with Crippen molar-refractivity contribution in [2.75, 3.05) is 12.1 Å². The number of benzene rings is 1. The number of aromatic nitrogens is 3. The van der Waals surface area contributed by atoms with E-state index in [2.05, 4.69) is 15.4 Å². The van der Waals surface area contributed by atoms with Crippen molar-refractivity contribution in [3.63, 3.8) is 0 Å². The average Bonchev–Trinajstić information content (AvgIpc) is 3.43. The molecule has 0 aliphatic carbocycles. The van der Waals surface area contributed by atoms with Gasteiger partial charge in [0.05, 0.1) is 16.0 Å². The molecule has 7 nitrogen and oxygen atoms in total. The molecule has 1 aromatic carbocycles. The number of anilines is 1. The summed E-state index contributed by atoms with van der Waals surface area (Å²) in [6, 6.07) is 13.4. The number of imidazole rings is 1. The molecule has 8 heteroatoms. The molecule has 1 aliphatic rings. The fraction of sp³-hybridized carbons (Fsp3) is 0.150. The van der Waals surface area contributed by atoms with Crippen LogP contribution in [0.15, 0.2) is 48.7 Å². The highest BCUT2D eigenvalue weighted by molar-refractivity contribution is 7.17. The zero-order valence-electron chi connectivity index (χ0n) is 15.0. The zero-order chi connectivity index (χ0) is 19.1. The molecule has 0 saturated heterocycles. The molecule has 28 heavy (non-hydrogen) atoms. The number of nitrogens with zero attached hydrogens (tertiary/aromatic N) is 3. The Balaban J connectivity index is 1.40. The summed E-state index contributed by atoms with van der Waals surface area (Å²) in [4.78, 5) is 17.7. The van der Waals surface area contributed by atoms with Crippen LogP contribution >= 0.6 is 11.3 Å². The Labute approximate surface area is 164 Å². The third-order valence-electron chi connectivity index (χ3n) is 4.48. The van der Waals surface area contributed by atoms with Gasteiger partial charge in [0.2, 0.25) is 6.79 Å². The van der Waals surface area contributed by atoms with Crippen molar-refractivity contribution in [3.8, 4) is 22.1 Å². The quantitative estimate of drug-likeness (QED) is 0.517. The first-order valence-corrected chi connectivity index (χ1v) is 9.57. The monoisotopic (exact) mass is 392 g/mol. The average molecular weight is 392 g/mol. The second-order valence-corrected chi connectivity index (χ2v) is 7.48. The van der Waals surface area contributed by atoms with E-state index < -0.39 is 0 Å². The maximum absolute atomic E-state index is 11.6. The molecule has 1 aliphatic heterocycles. The predicted molar refractivity (Wildman–Crippen MR) is 106 cm³/mol. The number of carbonyl (C=O) groups excluding carboxylic acids is 1. The van der Waals surface area contributed by atoms with E-state index in [1.165, 1.54) is 11.3 Å². The van der Waals surface area contributed by atoms with Gasteiger partial charge in [-0.3, -0.25) is 4.79 Å². The van der Waals surface area contributed by atoms with Crippen LogP contribution in [-0.4, -0.2) is 27.2 Å². The van der Waals surface area contributed by atoms with Gasteiger partial charge in [-0.25, -0.2) is 9.50 Å². The minimum absolute atomic E-state index is 0.0594. The SMILES string of the molecule is CC(=O)c1ccc(-c2cnc3ccc(NCc4ccc5c(c4)OCO5)nn23)s1. The number of ether oxygens (including phenoxy) is 2. The van der Waals surface area contributed by atoms with Crippen LogP contribution in [0.5, 0.6) is 11.5 Å². The molecule has 0 amide bonds. The van der Waals surface area contributed by atoms with E-state index in [1.807, 2.05) is 42.5 Å². The molecule has 0 radical (unpaired) electrons. The highest BCUT2D eigenvalue weighted by Gasteiger charge is 2.14. The summed E-state index contributed by atoms with van der Waals surface area (Å²) in [5.41, 5.74) is 2.68. The molecule has 0 atom stereocenters. The molecule has 0 unspecified atom stereocenters. The van der Waals surface area contributed by atoms with E-state index in [4.69, 9.17) is 9.47 Å². The number of carbonyl (C=O) groups is 1. The number of hydrogen-bond donors (Lipinski definition) is 1. The lowest BCUT2D eigenvalue weighted by atomic mass is 10.2. The second kappa shape index (κ2) is 6.65. The van der Waals surface area contributed by atoms with Crippen LogP contribution in [0.2, 0.25) is 0 Å². The zero-order valence-corrected chi connectivity index (χ0v) is 15.8. The van der Waals surface area contributed by atoms with Crippen molar-refractivity contribution in [1.29, 1.82) is 0 Å². The Morgan fingerprint density at radius 3 is 2.93 bits per heavy atom. The van der Waals surface area contributed by atoms with Gasteiger partial charge in [-0.2, -0.15) is 0 Å². The van der Waals surface area contributed by atoms with Gasteiger partial charge in [-0.15, -0.1) is 16.4 Å². The van der Waals surface area contributed by atoms with E-state index in [0.717, 1.165) is 44.0 Å². The van der Waals surface area contributed by atoms with Crippen LogP contribution in [0, 0.1) is 0 Å². The Kier molecular flexibility index (Phi) is 3.98. The van der Waals surface area contributed by atoms with Crippen molar-refractivity contribution in [2.45, 2.75) is 13.5 Å². The van der Waals surface area contributed by atoms with Gasteiger partial charge in [0, 0.05) is 6.54 Å². The molecular weight excluding hydrogens is 376 g/mol. The van der Waals surface area contributed by atoms with E-state index in [1.54, 1.807) is 17.6 Å². The summed E-state index contributed by atoms with van der Waals surface area (Å²) in [6.45, 7) is 2.44. The molecule has 0 saturated carbocycles. The van der Waals surface area contributed by atoms with Gasteiger partial charge in [0.1, 0.15) is 11.5 Å². The minimum atomic E-state index is 0.0594. The Morgan fingerprint density at radius 2 is 2.07 bits per heavy atom. The van der Waals surface area contributed by atoms with Crippen molar-refractivity contribution in [3.05, 3.63) is 59.1 Å². The van der Waals surface area contributed by atoms with E-state index >= 15 is 0 Å². The van der Waals surface area contributed by atoms with Gasteiger partial charge >= 0.3 is 0 Å². The van der Waals surface area contributed by atoms with Crippen LogP contribution < -0.4 is 14.8 Å². The van der Waals surface area contributed by atoms with Gasteiger partial charge in [0.25, 0.3) is 0 Å². The molecule has 3 aromatic heterocycles. The fourth-order valence-electron chi connectivity index (χ4n) is 3.04. The maximum Gasteiger partial charge on any atom is 0.231 e. The summed E-state index contributed by atoms with van der Waals surface area (Å²) in [6.07, 6.45) is 1.78. The summed E-state index contributed by atoms with van der Waals surface area (Å²) in [5.74, 6) is 2.32. The summed E-state index contributed by atoms with van der Waals surface area (Å²) in [5, 5.41) is 7.99. The van der Waals surface area contributed by atoms with Crippen molar-refractivity contribution in [2.24, 2.45) is 0 Å². The number of ketones is 1. The molecule has 140 valence electrons. The molecule has 4 heterocycles. The highest BCUT2D eigenvalue weighted by Crippen LogP contribution is 2.33. The predicted octanol–water partition coefficient (Wildman–Crippen LogP) is 4.00. The van der Waals surface area contributed by atoms with Crippen LogP contribution in [-0.2, 0) is 6.54 Å². The molecule has 0 fully saturated rings. The van der Waals surface area contributed by atoms with E-state index in [-0.39, 0.29) is 12.6 Å². The number of hydrogen-bond acceptors (Lipinski definition) is 7. The highest BCUT2D eigenvalue weighted by atomic mass is 32.1. The van der Waals surface area contributed by atoms with Crippen LogP contribution in [0.25, 0.3) is 16.2 Å². The minimum Gasteiger partial charge on any atom is -0.454 e. The summed E-state index contributed by atoms with van der Waals surface area (Å²) < 4.78 is 12.6. The molecule has 0 spiro atoms. The van der Waals surface area contributed by atoms with Crippen LogP contribution in [0.4, 0.5) is 5.82 Å². The van der Waals surface area contributed by atoms with Crippen LogP contribution in [0.3, 0.4) is 0 Å². The number of nitrogens with one attached hydrogen (secondary N) is 1. The van der Waals surface area contributed by atoms with E-state index in [0.29, 0.717) is 6.54 Å². The first kappa shape index (κ1) is 16.8. The van der Waals surface area contributed by atoms with Gasteiger partial charge < -0.3 is 14.8 Å². The first-order valence-electron chi connectivity index (χ1n) is 8.76. The van der Waals surface area contributed by atoms with Crippen LogP contribution in [0.1, 0.15) is 22.2 Å². The van der Waals surface area contributed by atoms with Gasteiger partial charge in [0.15, 0.2) is 22.9 Å². The molecule has 1 N–H and O–H groups in total. The smallest absolute Gasteiger partial charge is 0.231 e. The number of thiophene rings is 1. The first-order chi connectivity index (χ1) is 13.7. The lowest BCUT2D eigenvalue weighted by Gasteiger charge is -2.07. The maximum atomic E-state index is 11.6. The summed E-state index contributed by atoms with van der Waals surface area (Å²) >= 11 is 1.44. The number of rotatable bonds is 5.